The van der Waals surface area contributed by atoms with Crippen LogP contribution in [0.25, 0.3) is 0 Å². The molecule has 0 radical (unpaired) electrons. The number of aromatic nitrogens is 3. The van der Waals surface area contributed by atoms with E-state index >= 15 is 0 Å². The lowest BCUT2D eigenvalue weighted by Gasteiger charge is -2.26. The number of nitrogens with zero attached hydrogens (tertiary/aromatic N) is 4. The Hall–Kier alpha value is -1.76. The molecular formula is C19H26N4O2. The second-order valence-electron chi connectivity index (χ2n) is 7.13. The van der Waals surface area contributed by atoms with Crippen molar-refractivity contribution < 1.29 is 9.47 Å². The van der Waals surface area contributed by atoms with Gasteiger partial charge in [0.1, 0.15) is 0 Å². The number of pyridine rings is 1. The second kappa shape index (κ2) is 8.08. The molecule has 2 aliphatic rings. The van der Waals surface area contributed by atoms with Gasteiger partial charge in [-0.2, -0.15) is 5.10 Å². The van der Waals surface area contributed by atoms with Crippen LogP contribution in [0.5, 0.6) is 0 Å². The molecule has 6 nitrogen and oxygen atoms in total. The SMILES string of the molecule is c1ccc(COC[C@H]2CN(C[C@@H]3CCOC3)Cc3ccnn3C2)nc1. The standard InChI is InChI=1S/C19H26N4O2/c1-2-6-20-18(3-1)15-25-14-17-10-22(9-16-5-8-24-13-16)12-19-4-7-21-23(19)11-17/h1-4,6-7,16-17H,5,8-15H2/t16-,17-/m0/s1. The molecule has 0 unspecified atom stereocenters. The number of rotatable bonds is 6. The van der Waals surface area contributed by atoms with Crippen molar-refractivity contribution in [3.63, 3.8) is 0 Å². The van der Waals surface area contributed by atoms with E-state index in [1.165, 1.54) is 12.1 Å². The molecule has 134 valence electrons. The van der Waals surface area contributed by atoms with E-state index in [1.807, 2.05) is 30.6 Å². The molecule has 0 spiro atoms. The van der Waals surface area contributed by atoms with Gasteiger partial charge in [0.25, 0.3) is 0 Å². The van der Waals surface area contributed by atoms with Crippen LogP contribution in [0.4, 0.5) is 0 Å². The van der Waals surface area contributed by atoms with Crippen LogP contribution in [0.3, 0.4) is 0 Å². The zero-order valence-corrected chi connectivity index (χ0v) is 14.6. The molecule has 6 heteroatoms. The van der Waals surface area contributed by atoms with Crippen molar-refractivity contribution in [2.45, 2.75) is 26.1 Å². The number of ether oxygens (including phenoxy) is 2. The van der Waals surface area contributed by atoms with Crippen LogP contribution in [0, 0.1) is 11.8 Å². The highest BCUT2D eigenvalue weighted by Gasteiger charge is 2.26. The van der Waals surface area contributed by atoms with Gasteiger partial charge in [0.2, 0.25) is 0 Å². The van der Waals surface area contributed by atoms with Crippen molar-refractivity contribution in [3.05, 3.63) is 48.0 Å². The minimum absolute atomic E-state index is 0.437. The maximum Gasteiger partial charge on any atom is 0.0887 e. The molecule has 2 atom stereocenters. The number of hydrogen-bond donors (Lipinski definition) is 0. The van der Waals surface area contributed by atoms with Crippen molar-refractivity contribution >= 4 is 0 Å². The molecule has 4 rings (SSSR count). The van der Waals surface area contributed by atoms with E-state index in [0.29, 0.717) is 18.4 Å². The van der Waals surface area contributed by atoms with E-state index in [9.17, 15) is 0 Å². The summed E-state index contributed by atoms with van der Waals surface area (Å²) < 4.78 is 13.7. The maximum absolute atomic E-state index is 5.97. The summed E-state index contributed by atoms with van der Waals surface area (Å²) in [5.41, 5.74) is 2.28. The molecule has 0 bridgehead atoms. The van der Waals surface area contributed by atoms with Crippen molar-refractivity contribution in [1.82, 2.24) is 19.7 Å². The third-order valence-corrected chi connectivity index (χ3v) is 5.01. The molecule has 25 heavy (non-hydrogen) atoms. The maximum atomic E-state index is 5.97. The fourth-order valence-corrected chi connectivity index (χ4v) is 3.77. The Bertz CT molecular complexity index is 654. The van der Waals surface area contributed by atoms with Gasteiger partial charge < -0.3 is 9.47 Å². The highest BCUT2D eigenvalue weighted by atomic mass is 16.5. The summed E-state index contributed by atoms with van der Waals surface area (Å²) in [6, 6.07) is 8.07. The molecule has 4 heterocycles. The summed E-state index contributed by atoms with van der Waals surface area (Å²) in [6.07, 6.45) is 4.89. The van der Waals surface area contributed by atoms with Crippen molar-refractivity contribution in [2.24, 2.45) is 11.8 Å². The first-order valence-corrected chi connectivity index (χ1v) is 9.15. The Morgan fingerprint density at radius 3 is 3.00 bits per heavy atom. The first-order chi connectivity index (χ1) is 12.4. The molecule has 2 aromatic heterocycles. The quantitative estimate of drug-likeness (QED) is 0.803. The Kier molecular flexibility index (Phi) is 5.40. The monoisotopic (exact) mass is 342 g/mol. The lowest BCUT2D eigenvalue weighted by Crippen LogP contribution is -2.34. The van der Waals surface area contributed by atoms with Crippen LogP contribution < -0.4 is 0 Å². The molecule has 1 fully saturated rings. The summed E-state index contributed by atoms with van der Waals surface area (Å²) in [5.74, 6) is 1.09. The van der Waals surface area contributed by atoms with E-state index in [0.717, 1.165) is 51.7 Å². The van der Waals surface area contributed by atoms with Gasteiger partial charge in [-0.3, -0.25) is 14.6 Å². The highest BCUT2D eigenvalue weighted by molar-refractivity contribution is 5.03. The minimum atomic E-state index is 0.437. The number of fused-ring (bicyclic) bond motifs is 1. The van der Waals surface area contributed by atoms with Gasteiger partial charge in [-0.25, -0.2) is 0 Å². The first kappa shape index (κ1) is 16.7. The predicted octanol–water partition coefficient (Wildman–Crippen LogP) is 1.96. The Balaban J connectivity index is 1.36. The third-order valence-electron chi connectivity index (χ3n) is 5.01. The molecule has 0 aromatic carbocycles. The van der Waals surface area contributed by atoms with Crippen molar-refractivity contribution in [1.29, 1.82) is 0 Å². The zero-order chi connectivity index (χ0) is 16.9. The molecule has 2 aliphatic heterocycles. The van der Waals surface area contributed by atoms with Gasteiger partial charge in [0.15, 0.2) is 0 Å². The van der Waals surface area contributed by atoms with E-state index in [1.54, 1.807) is 0 Å². The van der Waals surface area contributed by atoms with Crippen LogP contribution in [0.15, 0.2) is 36.7 Å². The number of hydrogen-bond acceptors (Lipinski definition) is 5. The molecule has 0 N–H and O–H groups in total. The average molecular weight is 342 g/mol. The summed E-state index contributed by atoms with van der Waals surface area (Å²) in [6.45, 7) is 7.14. The van der Waals surface area contributed by atoms with Crippen molar-refractivity contribution in [2.75, 3.05) is 32.9 Å². The highest BCUT2D eigenvalue weighted by Crippen LogP contribution is 2.20. The average Bonchev–Trinajstić information content (AvgIpc) is 3.25. The minimum Gasteiger partial charge on any atom is -0.381 e. The first-order valence-electron chi connectivity index (χ1n) is 9.15. The Morgan fingerprint density at radius 2 is 2.16 bits per heavy atom. The predicted molar refractivity (Wildman–Crippen MR) is 93.8 cm³/mol. The van der Waals surface area contributed by atoms with E-state index in [4.69, 9.17) is 9.47 Å². The second-order valence-corrected chi connectivity index (χ2v) is 7.13. The fourth-order valence-electron chi connectivity index (χ4n) is 3.77. The van der Waals surface area contributed by atoms with E-state index < -0.39 is 0 Å². The van der Waals surface area contributed by atoms with Gasteiger partial charge in [0, 0.05) is 51.1 Å². The molecule has 1 saturated heterocycles. The smallest absolute Gasteiger partial charge is 0.0887 e. The Morgan fingerprint density at radius 1 is 1.16 bits per heavy atom. The van der Waals surface area contributed by atoms with Crippen molar-refractivity contribution in [3.8, 4) is 0 Å². The summed E-state index contributed by atoms with van der Waals surface area (Å²) in [7, 11) is 0. The lowest BCUT2D eigenvalue weighted by molar-refractivity contribution is 0.0619. The van der Waals surface area contributed by atoms with Gasteiger partial charge in [-0.1, -0.05) is 6.07 Å². The van der Waals surface area contributed by atoms with E-state index in [-0.39, 0.29) is 0 Å². The van der Waals surface area contributed by atoms with Crippen LogP contribution in [-0.4, -0.2) is 52.6 Å². The molecule has 0 saturated carbocycles. The lowest BCUT2D eigenvalue weighted by atomic mass is 10.1. The van der Waals surface area contributed by atoms with Crippen LogP contribution >= 0.6 is 0 Å². The van der Waals surface area contributed by atoms with Crippen LogP contribution in [0.2, 0.25) is 0 Å². The van der Waals surface area contributed by atoms with E-state index in [2.05, 4.69) is 25.7 Å². The third kappa shape index (κ3) is 4.45. The normalized spacial score (nSPS) is 24.2. The molecule has 0 aliphatic carbocycles. The summed E-state index contributed by atoms with van der Waals surface area (Å²) >= 11 is 0. The van der Waals surface area contributed by atoms with Crippen LogP contribution in [0.1, 0.15) is 17.8 Å². The molecule has 0 amide bonds. The molecular weight excluding hydrogens is 316 g/mol. The summed E-state index contributed by atoms with van der Waals surface area (Å²) in [4.78, 5) is 6.87. The zero-order valence-electron chi connectivity index (χ0n) is 14.6. The molecule has 2 aromatic rings. The largest absolute Gasteiger partial charge is 0.381 e. The van der Waals surface area contributed by atoms with Gasteiger partial charge in [-0.05, 0) is 30.5 Å². The topological polar surface area (TPSA) is 52.4 Å². The van der Waals surface area contributed by atoms with Gasteiger partial charge >= 0.3 is 0 Å². The van der Waals surface area contributed by atoms with Crippen LogP contribution in [-0.2, 0) is 29.2 Å². The summed E-state index contributed by atoms with van der Waals surface area (Å²) in [5, 5.41) is 4.50. The fraction of sp³-hybridized carbons (Fsp3) is 0.579. The van der Waals surface area contributed by atoms with Gasteiger partial charge in [-0.15, -0.1) is 0 Å². The van der Waals surface area contributed by atoms with Gasteiger partial charge in [0.05, 0.1) is 31.2 Å². The Labute approximate surface area is 148 Å².